The van der Waals surface area contributed by atoms with Gasteiger partial charge >= 0.3 is 0 Å². The van der Waals surface area contributed by atoms with E-state index in [9.17, 15) is 14.7 Å². The molecule has 1 aliphatic heterocycles. The SMILES string of the molecule is CCC(=O)N(C)C[C@H]1Oc2ncc(C3=CCCC3)cc2C(=O)N([C@@H](C)CO)C[C@@H]1C. The molecule has 0 unspecified atom stereocenters. The van der Waals surface area contributed by atoms with Crippen LogP contribution in [0, 0.1) is 5.92 Å². The van der Waals surface area contributed by atoms with E-state index >= 15 is 0 Å². The average Bonchev–Trinajstić information content (AvgIpc) is 3.29. The maximum atomic E-state index is 13.4. The fourth-order valence-corrected chi connectivity index (χ4v) is 4.07. The molecule has 3 atom stereocenters. The van der Waals surface area contributed by atoms with Crippen LogP contribution in [0.15, 0.2) is 18.3 Å². The number of carbonyl (C=O) groups excluding carboxylic acids is 2. The fourth-order valence-electron chi connectivity index (χ4n) is 4.07. The number of carbonyl (C=O) groups is 2. The van der Waals surface area contributed by atoms with Gasteiger partial charge in [-0.15, -0.1) is 0 Å². The molecular weight excluding hydrogens is 382 g/mol. The number of aromatic nitrogens is 1. The van der Waals surface area contributed by atoms with Crippen LogP contribution in [0.2, 0.25) is 0 Å². The summed E-state index contributed by atoms with van der Waals surface area (Å²) in [7, 11) is 1.77. The first-order valence-corrected chi connectivity index (χ1v) is 10.9. The molecule has 2 aliphatic rings. The van der Waals surface area contributed by atoms with Gasteiger partial charge in [0.05, 0.1) is 19.2 Å². The van der Waals surface area contributed by atoms with Gasteiger partial charge in [-0.25, -0.2) is 4.98 Å². The molecule has 7 nitrogen and oxygen atoms in total. The molecule has 0 fully saturated rings. The van der Waals surface area contributed by atoms with E-state index in [2.05, 4.69) is 11.1 Å². The third-order valence-corrected chi connectivity index (χ3v) is 6.11. The van der Waals surface area contributed by atoms with Crippen molar-refractivity contribution >= 4 is 17.4 Å². The molecule has 0 saturated carbocycles. The molecule has 1 aliphatic carbocycles. The number of rotatable bonds is 6. The maximum Gasteiger partial charge on any atom is 0.259 e. The van der Waals surface area contributed by atoms with Gasteiger partial charge in [0.15, 0.2) is 0 Å². The zero-order chi connectivity index (χ0) is 21.8. The highest BCUT2D eigenvalue weighted by Gasteiger charge is 2.34. The monoisotopic (exact) mass is 415 g/mol. The number of hydrogen-bond acceptors (Lipinski definition) is 5. The zero-order valence-electron chi connectivity index (χ0n) is 18.4. The fraction of sp³-hybridized carbons (Fsp3) is 0.609. The molecule has 3 rings (SSSR count). The molecule has 1 aromatic rings. The third-order valence-electron chi connectivity index (χ3n) is 6.11. The second-order valence-electron chi connectivity index (χ2n) is 8.45. The lowest BCUT2D eigenvalue weighted by Gasteiger charge is -2.37. The van der Waals surface area contributed by atoms with Gasteiger partial charge in [-0.05, 0) is 43.4 Å². The summed E-state index contributed by atoms with van der Waals surface area (Å²) in [6.07, 6.45) is 7.22. The molecular formula is C23H33N3O4. The van der Waals surface area contributed by atoms with Crippen molar-refractivity contribution in [3.8, 4) is 5.88 Å². The molecule has 0 bridgehead atoms. The number of ether oxygens (including phenoxy) is 1. The Hall–Kier alpha value is -2.41. The molecule has 7 heteroatoms. The zero-order valence-corrected chi connectivity index (χ0v) is 18.4. The normalized spacial score (nSPS) is 22.5. The number of pyridine rings is 1. The Morgan fingerprint density at radius 3 is 2.87 bits per heavy atom. The summed E-state index contributed by atoms with van der Waals surface area (Å²) in [4.78, 5) is 33.4. The third kappa shape index (κ3) is 4.67. The first kappa shape index (κ1) is 22.3. The molecule has 1 N–H and O–H groups in total. The van der Waals surface area contributed by atoms with Crippen molar-refractivity contribution in [1.29, 1.82) is 0 Å². The van der Waals surface area contributed by atoms with Crippen molar-refractivity contribution in [2.24, 2.45) is 5.92 Å². The van der Waals surface area contributed by atoms with Crippen LogP contribution in [-0.2, 0) is 4.79 Å². The molecule has 0 radical (unpaired) electrons. The topological polar surface area (TPSA) is 83.0 Å². The van der Waals surface area contributed by atoms with Crippen molar-refractivity contribution in [3.63, 3.8) is 0 Å². The Kier molecular flexibility index (Phi) is 7.13. The maximum absolute atomic E-state index is 13.4. The van der Waals surface area contributed by atoms with Gasteiger partial charge in [-0.2, -0.15) is 0 Å². The van der Waals surface area contributed by atoms with E-state index < -0.39 is 0 Å². The second kappa shape index (κ2) is 9.60. The minimum Gasteiger partial charge on any atom is -0.472 e. The van der Waals surface area contributed by atoms with Gasteiger partial charge in [0, 0.05) is 32.1 Å². The average molecular weight is 416 g/mol. The molecule has 30 heavy (non-hydrogen) atoms. The minimum absolute atomic E-state index is 0.0396. The van der Waals surface area contributed by atoms with Crippen molar-refractivity contribution in [2.75, 3.05) is 26.7 Å². The highest BCUT2D eigenvalue weighted by molar-refractivity contribution is 5.97. The molecule has 0 aromatic carbocycles. The highest BCUT2D eigenvalue weighted by Crippen LogP contribution is 2.32. The van der Waals surface area contributed by atoms with E-state index in [1.54, 1.807) is 23.0 Å². The van der Waals surface area contributed by atoms with Crippen molar-refractivity contribution in [3.05, 3.63) is 29.5 Å². The Morgan fingerprint density at radius 2 is 2.23 bits per heavy atom. The molecule has 2 amide bonds. The van der Waals surface area contributed by atoms with Crippen LogP contribution < -0.4 is 4.74 Å². The lowest BCUT2D eigenvalue weighted by molar-refractivity contribution is -0.131. The van der Waals surface area contributed by atoms with E-state index in [1.165, 1.54) is 5.57 Å². The van der Waals surface area contributed by atoms with Crippen LogP contribution >= 0.6 is 0 Å². The van der Waals surface area contributed by atoms with E-state index in [4.69, 9.17) is 4.74 Å². The van der Waals surface area contributed by atoms with Crippen LogP contribution in [0.5, 0.6) is 5.88 Å². The van der Waals surface area contributed by atoms with Crippen molar-refractivity contribution < 1.29 is 19.4 Å². The Balaban J connectivity index is 1.99. The van der Waals surface area contributed by atoms with E-state index in [-0.39, 0.29) is 36.5 Å². The number of nitrogens with zero attached hydrogens (tertiary/aromatic N) is 3. The Bertz CT molecular complexity index is 823. The van der Waals surface area contributed by atoms with E-state index in [0.717, 1.165) is 24.8 Å². The number of hydrogen-bond donors (Lipinski definition) is 1. The predicted octanol–water partition coefficient (Wildman–Crippen LogP) is 2.74. The lowest BCUT2D eigenvalue weighted by atomic mass is 9.99. The quantitative estimate of drug-likeness (QED) is 0.772. The summed E-state index contributed by atoms with van der Waals surface area (Å²) in [6.45, 7) is 6.41. The van der Waals surface area contributed by atoms with Crippen molar-refractivity contribution in [1.82, 2.24) is 14.8 Å². The summed E-state index contributed by atoms with van der Waals surface area (Å²) in [6, 6.07) is 1.54. The van der Waals surface area contributed by atoms with Crippen LogP contribution in [0.25, 0.3) is 5.57 Å². The summed E-state index contributed by atoms with van der Waals surface area (Å²) in [5.74, 6) is 0.123. The second-order valence-corrected chi connectivity index (χ2v) is 8.45. The number of aliphatic hydroxyl groups excluding tert-OH is 1. The molecule has 1 aromatic heterocycles. The predicted molar refractivity (Wildman–Crippen MR) is 115 cm³/mol. The first-order valence-electron chi connectivity index (χ1n) is 10.9. The molecule has 164 valence electrons. The summed E-state index contributed by atoms with van der Waals surface area (Å²) < 4.78 is 6.23. The summed E-state index contributed by atoms with van der Waals surface area (Å²) in [5, 5.41) is 9.74. The standard InChI is InChI=1S/C23H33N3O4/c1-5-21(28)25(4)13-20-15(2)12-26(16(3)14-27)23(29)19-10-18(11-24-22(19)30-20)17-8-6-7-9-17/h8,10-11,15-16,20,27H,5-7,9,12-14H2,1-4H3/t15-,16-,20+/m0/s1. The lowest BCUT2D eigenvalue weighted by Crippen LogP contribution is -2.50. The molecule has 2 heterocycles. The van der Waals surface area contributed by atoms with Gasteiger partial charge < -0.3 is 19.6 Å². The van der Waals surface area contributed by atoms with Gasteiger partial charge in [0.25, 0.3) is 5.91 Å². The summed E-state index contributed by atoms with van der Waals surface area (Å²) >= 11 is 0. The van der Waals surface area contributed by atoms with Crippen LogP contribution in [0.1, 0.15) is 62.4 Å². The van der Waals surface area contributed by atoms with Gasteiger partial charge in [-0.1, -0.05) is 19.9 Å². The van der Waals surface area contributed by atoms with Crippen LogP contribution in [0.4, 0.5) is 0 Å². The van der Waals surface area contributed by atoms with Gasteiger partial charge in [0.2, 0.25) is 11.8 Å². The number of amides is 2. The van der Waals surface area contributed by atoms with Gasteiger partial charge in [-0.3, -0.25) is 9.59 Å². The van der Waals surface area contributed by atoms with Crippen molar-refractivity contribution in [2.45, 2.75) is 58.6 Å². The number of likely N-dealkylation sites (N-methyl/N-ethyl adjacent to an activating group) is 1. The van der Waals surface area contributed by atoms with Crippen LogP contribution in [0.3, 0.4) is 0 Å². The number of fused-ring (bicyclic) bond motifs is 1. The molecule has 0 saturated heterocycles. The number of aliphatic hydroxyl groups is 1. The summed E-state index contributed by atoms with van der Waals surface area (Å²) in [5.41, 5.74) is 2.57. The minimum atomic E-state index is -0.323. The Labute approximate surface area is 178 Å². The van der Waals surface area contributed by atoms with Crippen LogP contribution in [-0.4, -0.2) is 70.6 Å². The Morgan fingerprint density at radius 1 is 1.47 bits per heavy atom. The molecule has 0 spiro atoms. The van der Waals surface area contributed by atoms with E-state index in [1.807, 2.05) is 26.8 Å². The van der Waals surface area contributed by atoms with E-state index in [0.29, 0.717) is 31.0 Å². The first-order chi connectivity index (χ1) is 14.3. The largest absolute Gasteiger partial charge is 0.472 e. The van der Waals surface area contributed by atoms with Gasteiger partial charge in [0.1, 0.15) is 11.7 Å². The smallest absolute Gasteiger partial charge is 0.259 e. The highest BCUT2D eigenvalue weighted by atomic mass is 16.5. The number of allylic oxidation sites excluding steroid dienone is 2.